The van der Waals surface area contributed by atoms with Crippen molar-refractivity contribution >= 4 is 46.4 Å². The van der Waals surface area contributed by atoms with E-state index in [1.54, 1.807) is 55.1 Å². The molecule has 0 radical (unpaired) electrons. The molecule has 1 heterocycles. The van der Waals surface area contributed by atoms with Crippen LogP contribution >= 0.6 is 23.2 Å². The molecule has 1 N–H and O–H groups in total. The number of nitrogens with zero attached hydrogens (tertiary/aromatic N) is 1. The van der Waals surface area contributed by atoms with Gasteiger partial charge in [-0.25, -0.2) is 0 Å². The number of ether oxygens (including phenoxy) is 3. The molecule has 7 nitrogen and oxygen atoms in total. The normalized spacial score (nSPS) is 15.6. The summed E-state index contributed by atoms with van der Waals surface area (Å²) in [6.45, 7) is 3.93. The predicted octanol–water partition coefficient (Wildman–Crippen LogP) is 5.59. The number of anilines is 2. The van der Waals surface area contributed by atoms with Crippen LogP contribution in [0.5, 0.6) is 17.2 Å². The van der Waals surface area contributed by atoms with E-state index in [0.717, 1.165) is 5.75 Å². The number of carbonyl (C=O) groups is 2. The zero-order valence-corrected chi connectivity index (χ0v) is 20.7. The van der Waals surface area contributed by atoms with E-state index in [4.69, 9.17) is 37.4 Å². The molecule has 0 spiro atoms. The number of halogens is 2. The van der Waals surface area contributed by atoms with E-state index < -0.39 is 12.2 Å². The van der Waals surface area contributed by atoms with Crippen LogP contribution in [0.25, 0.3) is 0 Å². The highest BCUT2D eigenvalue weighted by atomic mass is 35.5. The van der Waals surface area contributed by atoms with Gasteiger partial charge in [0.15, 0.2) is 12.2 Å². The fraction of sp³-hybridized carbons (Fsp3) is 0.231. The van der Waals surface area contributed by atoms with Crippen LogP contribution in [-0.2, 0) is 9.59 Å². The number of amides is 2. The van der Waals surface area contributed by atoms with Crippen molar-refractivity contribution in [3.8, 4) is 17.2 Å². The molecule has 0 aliphatic carbocycles. The highest BCUT2D eigenvalue weighted by Gasteiger charge is 2.32. The first-order chi connectivity index (χ1) is 16.8. The number of rotatable bonds is 8. The minimum absolute atomic E-state index is 0.188. The average molecular weight is 515 g/mol. The second-order valence-corrected chi connectivity index (χ2v) is 8.76. The van der Waals surface area contributed by atoms with Crippen molar-refractivity contribution in [1.82, 2.24) is 0 Å². The third-order valence-electron chi connectivity index (χ3n) is 5.33. The number of hydrogen-bond donors (Lipinski definition) is 1. The Hall–Kier alpha value is -3.42. The van der Waals surface area contributed by atoms with Crippen molar-refractivity contribution in [3.05, 3.63) is 76.8 Å². The summed E-state index contributed by atoms with van der Waals surface area (Å²) < 4.78 is 17.2. The van der Waals surface area contributed by atoms with Gasteiger partial charge in [-0.2, -0.15) is 0 Å². The quantitative estimate of drug-likeness (QED) is 0.423. The van der Waals surface area contributed by atoms with Crippen LogP contribution in [0.15, 0.2) is 66.7 Å². The maximum absolute atomic E-state index is 12.8. The van der Waals surface area contributed by atoms with Gasteiger partial charge < -0.3 is 24.4 Å². The van der Waals surface area contributed by atoms with Crippen molar-refractivity contribution in [2.45, 2.75) is 26.1 Å². The Labute approximate surface area is 213 Å². The Morgan fingerprint density at radius 3 is 2.63 bits per heavy atom. The molecule has 0 aromatic heterocycles. The molecule has 182 valence electrons. The lowest BCUT2D eigenvalue weighted by Crippen LogP contribution is -2.46. The Morgan fingerprint density at radius 1 is 1.11 bits per heavy atom. The van der Waals surface area contributed by atoms with Crippen molar-refractivity contribution in [2.75, 3.05) is 23.4 Å². The molecule has 0 fully saturated rings. The summed E-state index contributed by atoms with van der Waals surface area (Å²) in [7, 11) is 0. The van der Waals surface area contributed by atoms with Gasteiger partial charge in [-0.3, -0.25) is 9.59 Å². The Bertz CT molecular complexity index is 1220. The third-order valence-corrected chi connectivity index (χ3v) is 5.86. The number of para-hydroxylation sites is 1. The highest BCUT2D eigenvalue weighted by molar-refractivity contribution is 6.35. The fourth-order valence-electron chi connectivity index (χ4n) is 3.55. The van der Waals surface area contributed by atoms with E-state index in [1.807, 2.05) is 30.3 Å². The molecule has 1 aliphatic rings. The molecule has 35 heavy (non-hydrogen) atoms. The second-order valence-electron chi connectivity index (χ2n) is 7.92. The number of carbonyl (C=O) groups excluding carboxylic acids is 2. The number of fused-ring (bicyclic) bond motifs is 1. The monoisotopic (exact) mass is 514 g/mol. The molecule has 1 aliphatic heterocycles. The van der Waals surface area contributed by atoms with Crippen LogP contribution in [-0.4, -0.2) is 37.2 Å². The second kappa shape index (κ2) is 10.9. The number of benzene rings is 3. The van der Waals surface area contributed by atoms with E-state index in [1.165, 1.54) is 0 Å². The molecule has 2 atom stereocenters. The summed E-state index contributed by atoms with van der Waals surface area (Å²) in [5.74, 6) is 1.05. The maximum atomic E-state index is 12.8. The van der Waals surface area contributed by atoms with Crippen molar-refractivity contribution in [3.63, 3.8) is 0 Å². The molecule has 2 unspecified atom stereocenters. The van der Waals surface area contributed by atoms with E-state index in [0.29, 0.717) is 46.1 Å². The third kappa shape index (κ3) is 5.99. The minimum atomic E-state index is -0.835. The van der Waals surface area contributed by atoms with Crippen LogP contribution in [0, 0.1) is 0 Å². The van der Waals surface area contributed by atoms with Crippen LogP contribution in [0.2, 0.25) is 10.0 Å². The lowest BCUT2D eigenvalue weighted by Gasteiger charge is -2.33. The lowest BCUT2D eigenvalue weighted by atomic mass is 10.1. The molecule has 0 saturated carbocycles. The van der Waals surface area contributed by atoms with Gasteiger partial charge in [-0.1, -0.05) is 41.4 Å². The smallest absolute Gasteiger partial charge is 0.267 e. The SMILES string of the molecule is CC(Oc1ccc(Cl)cc1Cl)C(=O)Nc1ccc2c(c1)N(CCOc1ccccc1)C(=O)C(C)O2. The fourth-order valence-corrected chi connectivity index (χ4v) is 4.00. The molecule has 9 heteroatoms. The summed E-state index contributed by atoms with van der Waals surface area (Å²) in [6, 6.07) is 19.3. The van der Waals surface area contributed by atoms with Gasteiger partial charge in [0.1, 0.15) is 23.9 Å². The highest BCUT2D eigenvalue weighted by Crippen LogP contribution is 2.36. The standard InChI is InChI=1S/C26H24Cl2N2O5/c1-16(34-23-10-8-18(27)14-21(23)28)25(31)29-19-9-11-24-22(15-19)30(26(32)17(2)35-24)12-13-33-20-6-4-3-5-7-20/h3-11,14-17H,12-13H2,1-2H3,(H,29,31). The van der Waals surface area contributed by atoms with Gasteiger partial charge in [-0.05, 0) is 62.4 Å². The van der Waals surface area contributed by atoms with Crippen LogP contribution in [0.3, 0.4) is 0 Å². The summed E-state index contributed by atoms with van der Waals surface area (Å²) in [4.78, 5) is 27.2. The molecule has 4 rings (SSSR count). The maximum Gasteiger partial charge on any atom is 0.267 e. The van der Waals surface area contributed by atoms with E-state index in [2.05, 4.69) is 5.32 Å². The Morgan fingerprint density at radius 2 is 1.89 bits per heavy atom. The van der Waals surface area contributed by atoms with Gasteiger partial charge in [0.2, 0.25) is 0 Å². The minimum Gasteiger partial charge on any atom is -0.492 e. The van der Waals surface area contributed by atoms with Gasteiger partial charge in [0.25, 0.3) is 11.8 Å². The van der Waals surface area contributed by atoms with Gasteiger partial charge >= 0.3 is 0 Å². The van der Waals surface area contributed by atoms with Crippen molar-refractivity contribution < 1.29 is 23.8 Å². The van der Waals surface area contributed by atoms with E-state index in [9.17, 15) is 9.59 Å². The molecule has 3 aromatic carbocycles. The zero-order chi connectivity index (χ0) is 24.9. The summed E-state index contributed by atoms with van der Waals surface area (Å²) in [5, 5.41) is 3.59. The Balaban J connectivity index is 1.45. The largest absolute Gasteiger partial charge is 0.492 e. The van der Waals surface area contributed by atoms with Crippen LogP contribution in [0.4, 0.5) is 11.4 Å². The van der Waals surface area contributed by atoms with Gasteiger partial charge in [0, 0.05) is 10.7 Å². The summed E-state index contributed by atoms with van der Waals surface area (Å²) in [5.41, 5.74) is 1.04. The van der Waals surface area contributed by atoms with E-state index >= 15 is 0 Å². The number of hydrogen-bond acceptors (Lipinski definition) is 5. The molecule has 3 aromatic rings. The summed E-state index contributed by atoms with van der Waals surface area (Å²) in [6.07, 6.45) is -1.46. The molecular weight excluding hydrogens is 491 g/mol. The molecule has 0 saturated heterocycles. The molecule has 0 bridgehead atoms. The van der Waals surface area contributed by atoms with E-state index in [-0.39, 0.29) is 11.8 Å². The molecular formula is C26H24Cl2N2O5. The summed E-state index contributed by atoms with van der Waals surface area (Å²) >= 11 is 12.0. The van der Waals surface area contributed by atoms with Crippen LogP contribution in [0.1, 0.15) is 13.8 Å². The van der Waals surface area contributed by atoms with Gasteiger partial charge in [0.05, 0.1) is 17.3 Å². The van der Waals surface area contributed by atoms with Gasteiger partial charge in [-0.15, -0.1) is 0 Å². The first-order valence-electron chi connectivity index (χ1n) is 11.0. The first-order valence-corrected chi connectivity index (χ1v) is 11.8. The lowest BCUT2D eigenvalue weighted by molar-refractivity contribution is -0.125. The zero-order valence-electron chi connectivity index (χ0n) is 19.2. The molecule has 2 amide bonds. The topological polar surface area (TPSA) is 77.1 Å². The predicted molar refractivity (Wildman–Crippen MR) is 136 cm³/mol. The Kier molecular flexibility index (Phi) is 7.68. The van der Waals surface area contributed by atoms with Crippen molar-refractivity contribution in [2.24, 2.45) is 0 Å². The number of nitrogens with one attached hydrogen (secondary N) is 1. The van der Waals surface area contributed by atoms with Crippen LogP contribution < -0.4 is 24.4 Å². The van der Waals surface area contributed by atoms with Crippen molar-refractivity contribution in [1.29, 1.82) is 0 Å². The first kappa shape index (κ1) is 24.7. The average Bonchev–Trinajstić information content (AvgIpc) is 2.84.